The van der Waals surface area contributed by atoms with Gasteiger partial charge in [-0.2, -0.15) is 0 Å². The molecule has 3 atom stereocenters. The topological polar surface area (TPSA) is 78.9 Å². The lowest BCUT2D eigenvalue weighted by atomic mass is 9.97. The zero-order valence-electron chi connectivity index (χ0n) is 12.0. The van der Waals surface area contributed by atoms with E-state index in [1.54, 1.807) is 12.4 Å². The summed E-state index contributed by atoms with van der Waals surface area (Å²) < 4.78 is 0. The lowest BCUT2D eigenvalue weighted by Gasteiger charge is -2.15. The fourth-order valence-electron chi connectivity index (χ4n) is 3.29. The van der Waals surface area contributed by atoms with Crippen LogP contribution >= 0.6 is 11.3 Å². The number of pyridine rings is 1. The van der Waals surface area contributed by atoms with Gasteiger partial charge in [0.15, 0.2) is 5.13 Å². The van der Waals surface area contributed by atoms with E-state index in [1.165, 1.54) is 17.8 Å². The highest BCUT2D eigenvalue weighted by atomic mass is 32.1. The molecule has 3 heterocycles. The molecule has 0 bridgehead atoms. The molecule has 3 unspecified atom stereocenters. The minimum atomic E-state index is -0.168. The normalized spacial score (nSPS) is 26.8. The second kappa shape index (κ2) is 5.75. The van der Waals surface area contributed by atoms with Crippen LogP contribution in [0, 0.1) is 5.92 Å². The van der Waals surface area contributed by atoms with Gasteiger partial charge in [0.25, 0.3) is 0 Å². The van der Waals surface area contributed by atoms with Crippen molar-refractivity contribution in [1.82, 2.24) is 20.8 Å². The first-order valence-corrected chi connectivity index (χ1v) is 8.37. The molecule has 4 rings (SSSR count). The van der Waals surface area contributed by atoms with E-state index in [0.29, 0.717) is 17.1 Å². The maximum atomic E-state index is 12.4. The number of hydrogen-bond acceptors (Lipinski definition) is 6. The van der Waals surface area contributed by atoms with E-state index in [0.717, 1.165) is 24.1 Å². The number of thiazole rings is 1. The number of amides is 1. The van der Waals surface area contributed by atoms with Gasteiger partial charge in [-0.3, -0.25) is 15.2 Å². The van der Waals surface area contributed by atoms with Crippen LogP contribution in [0.3, 0.4) is 0 Å². The van der Waals surface area contributed by atoms with E-state index in [9.17, 15) is 4.79 Å². The van der Waals surface area contributed by atoms with Crippen molar-refractivity contribution in [2.45, 2.75) is 31.3 Å². The van der Waals surface area contributed by atoms with E-state index < -0.39 is 0 Å². The van der Waals surface area contributed by atoms with Crippen LogP contribution < -0.4 is 16.2 Å². The Bertz CT molecular complexity index is 674. The summed E-state index contributed by atoms with van der Waals surface area (Å²) in [5, 5.41) is 5.50. The SMILES string of the molecule is O=C(Nc1nc(-c2cccnc2)cs1)C1NNC2CCCC21. The lowest BCUT2D eigenvalue weighted by Crippen LogP contribution is -2.42. The van der Waals surface area contributed by atoms with Crippen LogP contribution in [0.4, 0.5) is 5.13 Å². The van der Waals surface area contributed by atoms with Crippen LogP contribution in [0.5, 0.6) is 0 Å². The van der Waals surface area contributed by atoms with Gasteiger partial charge in [0.1, 0.15) is 6.04 Å². The Kier molecular flexibility index (Phi) is 3.61. The highest BCUT2D eigenvalue weighted by Gasteiger charge is 2.42. The first-order valence-electron chi connectivity index (χ1n) is 7.49. The Morgan fingerprint density at radius 1 is 1.36 bits per heavy atom. The van der Waals surface area contributed by atoms with Crippen molar-refractivity contribution in [1.29, 1.82) is 0 Å². The zero-order chi connectivity index (χ0) is 14.9. The monoisotopic (exact) mass is 315 g/mol. The summed E-state index contributed by atoms with van der Waals surface area (Å²) in [6.07, 6.45) is 6.93. The van der Waals surface area contributed by atoms with Gasteiger partial charge in [-0.1, -0.05) is 6.42 Å². The molecule has 2 aromatic rings. The van der Waals surface area contributed by atoms with Gasteiger partial charge >= 0.3 is 0 Å². The van der Waals surface area contributed by atoms with Gasteiger partial charge in [-0.15, -0.1) is 11.3 Å². The number of aromatic nitrogens is 2. The molecule has 7 heteroatoms. The number of nitrogens with zero attached hydrogens (tertiary/aromatic N) is 2. The van der Waals surface area contributed by atoms with Crippen LogP contribution in [0.1, 0.15) is 19.3 Å². The number of fused-ring (bicyclic) bond motifs is 1. The Labute approximate surface area is 132 Å². The third-order valence-electron chi connectivity index (χ3n) is 4.40. The predicted octanol–water partition coefficient (Wildman–Crippen LogP) is 1.79. The molecule has 2 fully saturated rings. The summed E-state index contributed by atoms with van der Waals surface area (Å²) in [6, 6.07) is 4.09. The van der Waals surface area contributed by atoms with Crippen LogP contribution in [0.2, 0.25) is 0 Å². The van der Waals surface area contributed by atoms with E-state index in [4.69, 9.17) is 0 Å². The van der Waals surface area contributed by atoms with Crippen molar-refractivity contribution in [3.05, 3.63) is 29.9 Å². The molecule has 1 amide bonds. The molecule has 2 aromatic heterocycles. The molecule has 1 aliphatic heterocycles. The summed E-state index contributed by atoms with van der Waals surface area (Å²) in [7, 11) is 0. The minimum Gasteiger partial charge on any atom is -0.301 e. The molecule has 1 aliphatic carbocycles. The fraction of sp³-hybridized carbons (Fsp3) is 0.400. The molecule has 0 radical (unpaired) electrons. The van der Waals surface area contributed by atoms with Crippen molar-refractivity contribution in [3.63, 3.8) is 0 Å². The highest BCUT2D eigenvalue weighted by molar-refractivity contribution is 7.14. The molecule has 1 saturated heterocycles. The first kappa shape index (κ1) is 13.8. The highest BCUT2D eigenvalue weighted by Crippen LogP contribution is 2.32. The average molecular weight is 315 g/mol. The number of hydrazine groups is 1. The van der Waals surface area contributed by atoms with Crippen molar-refractivity contribution < 1.29 is 4.79 Å². The number of carbonyl (C=O) groups excluding carboxylic acids is 1. The standard InChI is InChI=1S/C15H17N5OS/c21-14(13-10-4-1-5-11(10)19-20-13)18-15-17-12(8-22-15)9-3-2-6-16-7-9/h2-3,6-8,10-11,13,19-20H,1,4-5H2,(H,17,18,21). The number of carbonyl (C=O) groups is 1. The summed E-state index contributed by atoms with van der Waals surface area (Å²) in [4.78, 5) is 21.0. The number of anilines is 1. The predicted molar refractivity (Wildman–Crippen MR) is 85.2 cm³/mol. The van der Waals surface area contributed by atoms with Gasteiger partial charge < -0.3 is 5.32 Å². The molecule has 6 nitrogen and oxygen atoms in total. The zero-order valence-corrected chi connectivity index (χ0v) is 12.8. The number of rotatable bonds is 3. The van der Waals surface area contributed by atoms with Crippen molar-refractivity contribution in [2.75, 3.05) is 5.32 Å². The van der Waals surface area contributed by atoms with Crippen molar-refractivity contribution >= 4 is 22.4 Å². The van der Waals surface area contributed by atoms with E-state index in [-0.39, 0.29) is 11.9 Å². The van der Waals surface area contributed by atoms with E-state index in [2.05, 4.69) is 26.1 Å². The van der Waals surface area contributed by atoms with E-state index in [1.807, 2.05) is 17.5 Å². The molecule has 2 aliphatic rings. The molecule has 0 spiro atoms. The van der Waals surface area contributed by atoms with Crippen LogP contribution in [-0.4, -0.2) is 28.0 Å². The van der Waals surface area contributed by atoms with Gasteiger partial charge in [0, 0.05) is 35.3 Å². The number of hydrogen-bond donors (Lipinski definition) is 3. The van der Waals surface area contributed by atoms with Gasteiger partial charge in [-0.25, -0.2) is 10.4 Å². The Morgan fingerprint density at radius 3 is 3.18 bits per heavy atom. The summed E-state index contributed by atoms with van der Waals surface area (Å²) >= 11 is 1.44. The Hall–Kier alpha value is -1.83. The third-order valence-corrected chi connectivity index (χ3v) is 5.15. The Balaban J connectivity index is 1.45. The lowest BCUT2D eigenvalue weighted by molar-refractivity contribution is -0.118. The maximum absolute atomic E-state index is 12.4. The maximum Gasteiger partial charge on any atom is 0.244 e. The second-order valence-corrected chi connectivity index (χ2v) is 6.59. The first-order chi connectivity index (χ1) is 10.8. The second-order valence-electron chi connectivity index (χ2n) is 5.74. The fourth-order valence-corrected chi connectivity index (χ4v) is 4.01. The molecular formula is C15H17N5OS. The third kappa shape index (κ3) is 2.51. The molecule has 1 saturated carbocycles. The van der Waals surface area contributed by atoms with Gasteiger partial charge in [-0.05, 0) is 25.0 Å². The number of nitrogens with one attached hydrogen (secondary N) is 3. The van der Waals surface area contributed by atoms with E-state index >= 15 is 0 Å². The Morgan fingerprint density at radius 2 is 2.32 bits per heavy atom. The van der Waals surface area contributed by atoms with Gasteiger partial charge in [0.05, 0.1) is 5.69 Å². The van der Waals surface area contributed by atoms with Crippen molar-refractivity contribution in [2.24, 2.45) is 5.92 Å². The molecule has 0 aromatic carbocycles. The smallest absolute Gasteiger partial charge is 0.244 e. The molecule has 22 heavy (non-hydrogen) atoms. The largest absolute Gasteiger partial charge is 0.301 e. The van der Waals surface area contributed by atoms with Crippen molar-refractivity contribution in [3.8, 4) is 11.3 Å². The summed E-state index contributed by atoms with van der Waals surface area (Å²) in [6.45, 7) is 0. The molecular weight excluding hydrogens is 298 g/mol. The average Bonchev–Trinajstić information content (AvgIpc) is 3.24. The molecule has 3 N–H and O–H groups in total. The minimum absolute atomic E-state index is 0.00557. The quantitative estimate of drug-likeness (QED) is 0.805. The van der Waals surface area contributed by atoms with Gasteiger partial charge in [0.2, 0.25) is 5.91 Å². The molecule has 114 valence electrons. The van der Waals surface area contributed by atoms with Crippen LogP contribution in [0.15, 0.2) is 29.9 Å². The van der Waals surface area contributed by atoms with Crippen LogP contribution in [0.25, 0.3) is 11.3 Å². The summed E-state index contributed by atoms with van der Waals surface area (Å²) in [5.41, 5.74) is 8.14. The van der Waals surface area contributed by atoms with Crippen LogP contribution in [-0.2, 0) is 4.79 Å². The summed E-state index contributed by atoms with van der Waals surface area (Å²) in [5.74, 6) is 0.381.